The van der Waals surface area contributed by atoms with Gasteiger partial charge in [0.25, 0.3) is 0 Å². The number of halogens is 4. The monoisotopic (exact) mass is 542 g/mol. The zero-order valence-electron chi connectivity index (χ0n) is 19.0. The summed E-state index contributed by atoms with van der Waals surface area (Å²) in [5, 5.41) is 37.6. The number of anilines is 1. The summed E-state index contributed by atoms with van der Waals surface area (Å²) in [5.41, 5.74) is -1.50. The number of fused-ring (bicyclic) bond motifs is 2. The molecule has 6 atom stereocenters. The summed E-state index contributed by atoms with van der Waals surface area (Å²) in [6.07, 6.45) is -8.94. The number of aliphatic hydroxyl groups excluding tert-OH is 3. The van der Waals surface area contributed by atoms with Gasteiger partial charge in [0.05, 0.1) is 21.4 Å². The van der Waals surface area contributed by atoms with Crippen molar-refractivity contribution in [3.63, 3.8) is 0 Å². The molecule has 36 heavy (non-hydrogen) atoms. The first-order chi connectivity index (χ1) is 17.0. The topological polar surface area (TPSA) is 128 Å². The predicted octanol–water partition coefficient (Wildman–Crippen LogP) is 2.21. The Morgan fingerprint density at radius 1 is 1.28 bits per heavy atom. The Balaban J connectivity index is 1.71. The Morgan fingerprint density at radius 2 is 2.03 bits per heavy atom. The molecule has 9 nitrogen and oxygen atoms in total. The average Bonchev–Trinajstić information content (AvgIpc) is 3.10. The molecule has 0 saturated heterocycles. The Morgan fingerprint density at radius 3 is 2.64 bits per heavy atom. The van der Waals surface area contributed by atoms with E-state index in [9.17, 15) is 28.5 Å². The van der Waals surface area contributed by atoms with Crippen LogP contribution in [0.5, 0.6) is 0 Å². The summed E-state index contributed by atoms with van der Waals surface area (Å²) in [7, 11) is 1.47. The van der Waals surface area contributed by atoms with Crippen molar-refractivity contribution >= 4 is 39.9 Å². The van der Waals surface area contributed by atoms with Crippen LogP contribution in [0, 0.1) is 23.2 Å². The summed E-state index contributed by atoms with van der Waals surface area (Å²) in [4.78, 5) is 13.0. The van der Waals surface area contributed by atoms with Crippen LogP contribution in [0.2, 0.25) is 4.34 Å². The third-order valence-electron chi connectivity index (χ3n) is 6.83. The number of thiophene rings is 1. The molecule has 14 heteroatoms. The highest BCUT2D eigenvalue weighted by Crippen LogP contribution is 2.69. The summed E-state index contributed by atoms with van der Waals surface area (Å²) in [6.45, 7) is 2.10. The minimum atomic E-state index is -4.89. The van der Waals surface area contributed by atoms with E-state index < -0.39 is 47.8 Å². The molecule has 2 saturated carbocycles. The SMILES string of the molecule is CCNc1nc(C#Cc2ccc(Cl)s2)nc2c1nc(C(F)(F)F)n2C1C(O)C(O)C2(C(O)NC)CC12. The van der Waals surface area contributed by atoms with Gasteiger partial charge < -0.3 is 20.6 Å². The van der Waals surface area contributed by atoms with Crippen LogP contribution in [0.15, 0.2) is 12.1 Å². The van der Waals surface area contributed by atoms with Gasteiger partial charge in [0.15, 0.2) is 17.0 Å². The normalized spacial score (nSPS) is 28.0. The molecule has 0 amide bonds. The van der Waals surface area contributed by atoms with Gasteiger partial charge >= 0.3 is 6.18 Å². The molecule has 0 spiro atoms. The van der Waals surface area contributed by atoms with Crippen LogP contribution < -0.4 is 10.6 Å². The van der Waals surface area contributed by atoms with E-state index in [1.54, 1.807) is 19.1 Å². The molecule has 6 unspecified atom stereocenters. The van der Waals surface area contributed by atoms with E-state index in [1.807, 2.05) is 0 Å². The molecule has 192 valence electrons. The Labute approximate surface area is 212 Å². The molecule has 5 rings (SSSR count). The van der Waals surface area contributed by atoms with Gasteiger partial charge in [-0.25, -0.2) is 15.0 Å². The highest BCUT2D eigenvalue weighted by Gasteiger charge is 2.75. The Hall–Kier alpha value is -2.47. The minimum Gasteiger partial charge on any atom is -0.390 e. The number of nitrogens with zero attached hydrogens (tertiary/aromatic N) is 4. The van der Waals surface area contributed by atoms with Crippen molar-refractivity contribution in [1.29, 1.82) is 0 Å². The van der Waals surface area contributed by atoms with E-state index in [0.717, 1.165) is 4.57 Å². The third kappa shape index (κ3) is 3.84. The molecular weight excluding hydrogens is 521 g/mol. The number of imidazole rings is 1. The molecule has 5 N–H and O–H groups in total. The fourth-order valence-corrected chi connectivity index (χ4v) is 6.12. The molecule has 2 fully saturated rings. The van der Waals surface area contributed by atoms with Crippen LogP contribution in [-0.4, -0.2) is 66.9 Å². The average molecular weight is 543 g/mol. The number of hydrogen-bond donors (Lipinski definition) is 5. The van der Waals surface area contributed by atoms with Gasteiger partial charge in [0, 0.05) is 12.0 Å². The predicted molar refractivity (Wildman–Crippen MR) is 126 cm³/mol. The number of aliphatic hydroxyl groups is 3. The Kier molecular flexibility index (Phi) is 6.18. The quantitative estimate of drug-likeness (QED) is 0.245. The molecule has 3 heterocycles. The van der Waals surface area contributed by atoms with Gasteiger partial charge in [-0.2, -0.15) is 13.2 Å². The zero-order chi connectivity index (χ0) is 26.0. The zero-order valence-corrected chi connectivity index (χ0v) is 20.6. The maximum absolute atomic E-state index is 14.2. The van der Waals surface area contributed by atoms with Crippen molar-refractivity contribution in [3.8, 4) is 11.8 Å². The van der Waals surface area contributed by atoms with Crippen LogP contribution >= 0.6 is 22.9 Å². The van der Waals surface area contributed by atoms with E-state index in [0.29, 0.717) is 15.8 Å². The lowest BCUT2D eigenvalue weighted by Gasteiger charge is -2.27. The second-order valence-corrected chi connectivity index (χ2v) is 10.5. The largest absolute Gasteiger partial charge is 0.449 e. The van der Waals surface area contributed by atoms with Crippen LogP contribution in [0.4, 0.5) is 19.0 Å². The molecule has 2 aliphatic rings. The van der Waals surface area contributed by atoms with Crippen molar-refractivity contribution < 1.29 is 28.5 Å². The second-order valence-electron chi connectivity index (χ2n) is 8.80. The highest BCUT2D eigenvalue weighted by atomic mass is 35.5. The minimum absolute atomic E-state index is 0.0526. The summed E-state index contributed by atoms with van der Waals surface area (Å²) in [5.74, 6) is 3.69. The van der Waals surface area contributed by atoms with Gasteiger partial charge in [-0.1, -0.05) is 11.6 Å². The van der Waals surface area contributed by atoms with E-state index >= 15 is 0 Å². The highest BCUT2D eigenvalue weighted by molar-refractivity contribution is 7.16. The van der Waals surface area contributed by atoms with Gasteiger partial charge in [-0.3, -0.25) is 9.88 Å². The van der Waals surface area contributed by atoms with Crippen LogP contribution in [-0.2, 0) is 6.18 Å². The first kappa shape index (κ1) is 25.2. The smallest absolute Gasteiger partial charge is 0.390 e. The lowest BCUT2D eigenvalue weighted by atomic mass is 9.97. The lowest BCUT2D eigenvalue weighted by Crippen LogP contribution is -2.44. The molecule has 0 radical (unpaired) electrons. The van der Waals surface area contributed by atoms with Gasteiger partial charge in [0.1, 0.15) is 12.3 Å². The summed E-state index contributed by atoms with van der Waals surface area (Å²) < 4.78 is 44.0. The molecule has 0 aliphatic heterocycles. The van der Waals surface area contributed by atoms with Crippen molar-refractivity contribution in [2.24, 2.45) is 11.3 Å². The number of hydrogen-bond acceptors (Lipinski definition) is 9. The fourth-order valence-electron chi connectivity index (χ4n) is 5.22. The number of nitrogens with one attached hydrogen (secondary N) is 2. The molecule has 0 aromatic carbocycles. The second kappa shape index (κ2) is 8.83. The first-order valence-corrected chi connectivity index (χ1v) is 12.3. The number of alkyl halides is 3. The fraction of sp³-hybridized carbons (Fsp3) is 0.500. The molecular formula is C22H22ClF3N6O3S. The van der Waals surface area contributed by atoms with Crippen LogP contribution in [0.3, 0.4) is 0 Å². The lowest BCUT2D eigenvalue weighted by molar-refractivity contribution is -0.149. The summed E-state index contributed by atoms with van der Waals surface area (Å²) >= 11 is 7.17. The van der Waals surface area contributed by atoms with Gasteiger partial charge in [-0.15, -0.1) is 11.3 Å². The van der Waals surface area contributed by atoms with E-state index in [4.69, 9.17) is 11.6 Å². The van der Waals surface area contributed by atoms with Crippen LogP contribution in [0.25, 0.3) is 11.2 Å². The van der Waals surface area contributed by atoms with Gasteiger partial charge in [-0.05, 0) is 50.3 Å². The first-order valence-electron chi connectivity index (χ1n) is 11.1. The molecule has 3 aromatic heterocycles. The van der Waals surface area contributed by atoms with Crippen molar-refractivity contribution in [2.75, 3.05) is 18.9 Å². The van der Waals surface area contributed by atoms with E-state index in [1.165, 1.54) is 18.4 Å². The maximum atomic E-state index is 14.2. The molecule has 2 aliphatic carbocycles. The van der Waals surface area contributed by atoms with Crippen molar-refractivity contribution in [3.05, 3.63) is 33.0 Å². The standard InChI is InChI=1S/C22H22ClF3N6O3S/c1-3-28-17-13-18(30-12(29-17)7-5-9-4-6-11(23)36-9)32(19(31-13)22(24,25)26)14-10-8-21(10,20(35)27-2)16(34)15(14)33/h4,6,10,14-16,20,27,33-35H,3,8H2,1-2H3,(H,28,29,30). The van der Waals surface area contributed by atoms with Crippen LogP contribution in [0.1, 0.15) is 35.9 Å². The maximum Gasteiger partial charge on any atom is 0.449 e. The van der Waals surface area contributed by atoms with Crippen molar-refractivity contribution in [2.45, 2.75) is 44.0 Å². The molecule has 3 aromatic rings. The van der Waals surface area contributed by atoms with Crippen molar-refractivity contribution in [1.82, 2.24) is 24.8 Å². The molecule has 0 bridgehead atoms. The van der Waals surface area contributed by atoms with E-state index in [2.05, 4.69) is 37.4 Å². The number of aromatic nitrogens is 4. The number of rotatable bonds is 5. The van der Waals surface area contributed by atoms with E-state index in [-0.39, 0.29) is 29.2 Å². The van der Waals surface area contributed by atoms with Gasteiger partial charge in [0.2, 0.25) is 11.6 Å². The third-order valence-corrected chi connectivity index (χ3v) is 7.98. The Bertz CT molecular complexity index is 1380. The summed E-state index contributed by atoms with van der Waals surface area (Å²) in [6, 6.07) is 2.14.